The Kier molecular flexibility index (Phi) is 5.73. The number of aromatic nitrogens is 2. The van der Waals surface area contributed by atoms with Gasteiger partial charge < -0.3 is 20.2 Å². The van der Waals surface area contributed by atoms with Crippen LogP contribution >= 0.6 is 0 Å². The molecule has 0 saturated carbocycles. The SMILES string of the molecule is CC(C)C(=O)N1CCC(Nc2cc(N3CCCC3CO)ncn2)CC1. The molecule has 2 fully saturated rings. The average molecular weight is 347 g/mol. The molecule has 0 aliphatic carbocycles. The van der Waals surface area contributed by atoms with E-state index in [4.69, 9.17) is 0 Å². The van der Waals surface area contributed by atoms with Crippen molar-refractivity contribution in [1.29, 1.82) is 0 Å². The number of likely N-dealkylation sites (tertiary alicyclic amines) is 1. The van der Waals surface area contributed by atoms with Crippen LogP contribution in [0.3, 0.4) is 0 Å². The highest BCUT2D eigenvalue weighted by molar-refractivity contribution is 5.78. The summed E-state index contributed by atoms with van der Waals surface area (Å²) in [6.07, 6.45) is 5.54. The fourth-order valence-corrected chi connectivity index (χ4v) is 3.73. The Morgan fingerprint density at radius 1 is 1.28 bits per heavy atom. The summed E-state index contributed by atoms with van der Waals surface area (Å²) in [5.41, 5.74) is 0. The molecule has 2 saturated heterocycles. The number of hydrogen-bond acceptors (Lipinski definition) is 6. The molecule has 1 aromatic heterocycles. The summed E-state index contributed by atoms with van der Waals surface area (Å²) >= 11 is 0. The lowest BCUT2D eigenvalue weighted by Gasteiger charge is -2.33. The number of nitrogens with zero attached hydrogens (tertiary/aromatic N) is 4. The topological polar surface area (TPSA) is 81.6 Å². The predicted octanol–water partition coefficient (Wildman–Crippen LogP) is 1.50. The average Bonchev–Trinajstić information content (AvgIpc) is 3.11. The number of hydrogen-bond donors (Lipinski definition) is 2. The second-order valence-corrected chi connectivity index (χ2v) is 7.33. The normalized spacial score (nSPS) is 21.8. The molecule has 1 unspecified atom stereocenters. The molecule has 1 aromatic rings. The number of rotatable bonds is 5. The molecule has 0 radical (unpaired) electrons. The molecule has 1 amide bonds. The largest absolute Gasteiger partial charge is 0.394 e. The Balaban J connectivity index is 1.57. The van der Waals surface area contributed by atoms with Crippen LogP contribution in [0.4, 0.5) is 11.6 Å². The Hall–Kier alpha value is -1.89. The monoisotopic (exact) mass is 347 g/mol. The van der Waals surface area contributed by atoms with Crippen molar-refractivity contribution < 1.29 is 9.90 Å². The third-order valence-electron chi connectivity index (χ3n) is 5.19. The molecule has 2 aliphatic rings. The fraction of sp³-hybridized carbons (Fsp3) is 0.722. The van der Waals surface area contributed by atoms with E-state index in [-0.39, 0.29) is 24.5 Å². The lowest BCUT2D eigenvalue weighted by Crippen LogP contribution is -2.44. The number of anilines is 2. The number of aliphatic hydroxyl groups is 1. The van der Waals surface area contributed by atoms with Crippen LogP contribution in [-0.2, 0) is 4.79 Å². The van der Waals surface area contributed by atoms with E-state index >= 15 is 0 Å². The van der Waals surface area contributed by atoms with Gasteiger partial charge in [-0.1, -0.05) is 13.8 Å². The van der Waals surface area contributed by atoms with Crippen LogP contribution in [0.15, 0.2) is 12.4 Å². The van der Waals surface area contributed by atoms with Crippen molar-refractivity contribution >= 4 is 17.5 Å². The molecule has 0 spiro atoms. The highest BCUT2D eigenvalue weighted by Gasteiger charge is 2.26. The van der Waals surface area contributed by atoms with Crippen LogP contribution in [0.25, 0.3) is 0 Å². The number of nitrogens with one attached hydrogen (secondary N) is 1. The van der Waals surface area contributed by atoms with E-state index in [1.54, 1.807) is 6.33 Å². The molecular formula is C18H29N5O2. The van der Waals surface area contributed by atoms with Crippen molar-refractivity contribution in [2.75, 3.05) is 36.5 Å². The van der Waals surface area contributed by atoms with Gasteiger partial charge in [-0.3, -0.25) is 4.79 Å². The number of aliphatic hydroxyl groups excluding tert-OH is 1. The minimum absolute atomic E-state index is 0.0638. The third kappa shape index (κ3) is 4.21. The van der Waals surface area contributed by atoms with Crippen LogP contribution in [0.1, 0.15) is 39.5 Å². The number of carbonyl (C=O) groups excluding carboxylic acids is 1. The summed E-state index contributed by atoms with van der Waals surface area (Å²) in [5.74, 6) is 2.00. The van der Waals surface area contributed by atoms with Crippen molar-refractivity contribution in [1.82, 2.24) is 14.9 Å². The number of amides is 1. The standard InChI is InChI=1S/C18H29N5O2/c1-13(2)18(25)22-8-5-14(6-9-22)21-16-10-17(20-12-19-16)23-7-3-4-15(23)11-24/h10,12-15,24H,3-9,11H2,1-2H3,(H,19,20,21). The van der Waals surface area contributed by atoms with E-state index in [0.717, 1.165) is 57.0 Å². The lowest BCUT2D eigenvalue weighted by atomic mass is 10.0. The summed E-state index contributed by atoms with van der Waals surface area (Å²) in [4.78, 5) is 24.9. The van der Waals surface area contributed by atoms with E-state index in [1.807, 2.05) is 24.8 Å². The van der Waals surface area contributed by atoms with Gasteiger partial charge in [0, 0.05) is 37.7 Å². The lowest BCUT2D eigenvalue weighted by molar-refractivity contribution is -0.135. The fourth-order valence-electron chi connectivity index (χ4n) is 3.73. The van der Waals surface area contributed by atoms with Gasteiger partial charge in [0.05, 0.1) is 12.6 Å². The minimum atomic E-state index is 0.0638. The van der Waals surface area contributed by atoms with E-state index in [0.29, 0.717) is 6.04 Å². The maximum Gasteiger partial charge on any atom is 0.225 e. The van der Waals surface area contributed by atoms with Crippen molar-refractivity contribution in [2.24, 2.45) is 5.92 Å². The first-order valence-corrected chi connectivity index (χ1v) is 9.33. The molecule has 0 aromatic carbocycles. The molecule has 3 heterocycles. The molecule has 25 heavy (non-hydrogen) atoms. The van der Waals surface area contributed by atoms with Crippen molar-refractivity contribution in [3.05, 3.63) is 12.4 Å². The zero-order valence-electron chi connectivity index (χ0n) is 15.2. The highest BCUT2D eigenvalue weighted by atomic mass is 16.3. The van der Waals surface area contributed by atoms with E-state index in [2.05, 4.69) is 20.2 Å². The van der Waals surface area contributed by atoms with Gasteiger partial charge >= 0.3 is 0 Å². The van der Waals surface area contributed by atoms with Gasteiger partial charge in [-0.25, -0.2) is 9.97 Å². The molecule has 7 heteroatoms. The quantitative estimate of drug-likeness (QED) is 0.840. The highest BCUT2D eigenvalue weighted by Crippen LogP contribution is 2.25. The van der Waals surface area contributed by atoms with Gasteiger partial charge in [0.25, 0.3) is 0 Å². The number of piperidine rings is 1. The zero-order chi connectivity index (χ0) is 17.8. The first kappa shape index (κ1) is 17.9. The smallest absolute Gasteiger partial charge is 0.225 e. The van der Waals surface area contributed by atoms with Gasteiger partial charge in [0.2, 0.25) is 5.91 Å². The number of carbonyl (C=O) groups is 1. The van der Waals surface area contributed by atoms with Gasteiger partial charge in [0.15, 0.2) is 0 Å². The van der Waals surface area contributed by atoms with Crippen LogP contribution in [0.2, 0.25) is 0 Å². The molecule has 3 rings (SSSR count). The van der Waals surface area contributed by atoms with Crippen LogP contribution in [0.5, 0.6) is 0 Å². The Labute approximate surface area is 149 Å². The van der Waals surface area contributed by atoms with Crippen LogP contribution in [-0.4, -0.2) is 64.2 Å². The molecular weight excluding hydrogens is 318 g/mol. The maximum atomic E-state index is 12.1. The first-order chi connectivity index (χ1) is 12.1. The predicted molar refractivity (Wildman–Crippen MR) is 97.5 cm³/mol. The van der Waals surface area contributed by atoms with Crippen LogP contribution < -0.4 is 10.2 Å². The molecule has 138 valence electrons. The Morgan fingerprint density at radius 2 is 2.04 bits per heavy atom. The van der Waals surface area contributed by atoms with E-state index in [1.165, 1.54) is 0 Å². The second-order valence-electron chi connectivity index (χ2n) is 7.33. The third-order valence-corrected chi connectivity index (χ3v) is 5.19. The van der Waals surface area contributed by atoms with Crippen molar-refractivity contribution in [3.8, 4) is 0 Å². The summed E-state index contributed by atoms with van der Waals surface area (Å²) in [5, 5.41) is 13.0. The second kappa shape index (κ2) is 7.99. The first-order valence-electron chi connectivity index (χ1n) is 9.33. The van der Waals surface area contributed by atoms with Gasteiger partial charge in [0.1, 0.15) is 18.0 Å². The molecule has 7 nitrogen and oxygen atoms in total. The summed E-state index contributed by atoms with van der Waals surface area (Å²) < 4.78 is 0. The molecule has 0 bridgehead atoms. The molecule has 2 aliphatic heterocycles. The van der Waals surface area contributed by atoms with Gasteiger partial charge in [-0.15, -0.1) is 0 Å². The van der Waals surface area contributed by atoms with Crippen molar-refractivity contribution in [3.63, 3.8) is 0 Å². The van der Waals surface area contributed by atoms with E-state index < -0.39 is 0 Å². The maximum absolute atomic E-state index is 12.1. The summed E-state index contributed by atoms with van der Waals surface area (Å²) in [6, 6.07) is 2.46. The summed E-state index contributed by atoms with van der Waals surface area (Å²) in [6.45, 7) is 6.59. The van der Waals surface area contributed by atoms with Crippen molar-refractivity contribution in [2.45, 2.75) is 51.6 Å². The Bertz CT molecular complexity index is 587. The molecule has 1 atom stereocenters. The minimum Gasteiger partial charge on any atom is -0.394 e. The Morgan fingerprint density at radius 3 is 2.72 bits per heavy atom. The van der Waals surface area contributed by atoms with Gasteiger partial charge in [-0.05, 0) is 25.7 Å². The van der Waals surface area contributed by atoms with Gasteiger partial charge in [-0.2, -0.15) is 0 Å². The summed E-state index contributed by atoms with van der Waals surface area (Å²) in [7, 11) is 0. The molecule has 2 N–H and O–H groups in total. The van der Waals surface area contributed by atoms with Crippen LogP contribution in [0, 0.1) is 5.92 Å². The zero-order valence-corrected chi connectivity index (χ0v) is 15.2. The van der Waals surface area contributed by atoms with E-state index in [9.17, 15) is 9.90 Å².